The molecule has 3 aliphatic rings. The number of halogens is 1. The Bertz CT molecular complexity index is 767. The van der Waals surface area contributed by atoms with E-state index in [2.05, 4.69) is 10.2 Å². The number of hydrogen-bond acceptors (Lipinski definition) is 7. The van der Waals surface area contributed by atoms with E-state index in [9.17, 15) is 14.0 Å². The second-order valence-electron chi connectivity index (χ2n) is 7.43. The van der Waals surface area contributed by atoms with Gasteiger partial charge in [-0.05, 0) is 18.2 Å². The number of ether oxygens (including phenoxy) is 2. The maximum absolute atomic E-state index is 14.8. The van der Waals surface area contributed by atoms with Gasteiger partial charge in [0.15, 0.2) is 0 Å². The molecule has 9 nitrogen and oxygen atoms in total. The highest BCUT2D eigenvalue weighted by atomic mass is 19.1. The number of aliphatic hydroxyl groups is 1. The fourth-order valence-electron chi connectivity index (χ4n) is 3.80. The van der Waals surface area contributed by atoms with Crippen molar-refractivity contribution in [2.24, 2.45) is 0 Å². The first kappa shape index (κ1) is 19.9. The maximum atomic E-state index is 14.8. The largest absolute Gasteiger partial charge is 0.442 e. The topological polar surface area (TPSA) is 94.6 Å². The molecule has 3 aliphatic heterocycles. The zero-order valence-corrected chi connectivity index (χ0v) is 16.1. The molecule has 10 heteroatoms. The standard InChI is InChI=1S/C19H25FN4O5/c20-16-7-13(24-9-15(29-19(24)27)8-21-18(26)10-25)1-2-17(16)23-5-3-22(4-6-23)14-11-28-12-14/h1-2,7,14-15,25H,3-6,8-12H2,(H,21,26)/t15-/m1/s1. The van der Waals surface area contributed by atoms with E-state index in [1.165, 1.54) is 11.0 Å². The minimum absolute atomic E-state index is 0.0957. The average Bonchev–Trinajstić information content (AvgIpc) is 3.06. The van der Waals surface area contributed by atoms with Crippen LogP contribution in [0, 0.1) is 5.82 Å². The fourth-order valence-corrected chi connectivity index (χ4v) is 3.80. The number of carbonyl (C=O) groups excluding carboxylic acids is 2. The number of aliphatic hydroxyl groups excluding tert-OH is 1. The lowest BCUT2D eigenvalue weighted by atomic mass is 10.1. The first-order chi connectivity index (χ1) is 14.0. The molecule has 29 heavy (non-hydrogen) atoms. The summed E-state index contributed by atoms with van der Waals surface area (Å²) in [6, 6.07) is 5.24. The molecule has 158 valence electrons. The van der Waals surface area contributed by atoms with Crippen molar-refractivity contribution >= 4 is 23.4 Å². The SMILES string of the molecule is O=C(CO)NC[C@@H]1CN(c2ccc(N3CCN(C4COC4)CC3)c(F)c2)C(=O)O1. The van der Waals surface area contributed by atoms with Crippen LogP contribution in [0.4, 0.5) is 20.6 Å². The molecule has 3 heterocycles. The molecule has 0 aliphatic carbocycles. The second-order valence-corrected chi connectivity index (χ2v) is 7.43. The molecule has 1 aromatic carbocycles. The molecule has 0 radical (unpaired) electrons. The summed E-state index contributed by atoms with van der Waals surface area (Å²) in [6.07, 6.45) is -1.14. The van der Waals surface area contributed by atoms with E-state index in [1.54, 1.807) is 12.1 Å². The van der Waals surface area contributed by atoms with Crippen LogP contribution in [0.25, 0.3) is 0 Å². The molecule has 0 unspecified atom stereocenters. The molecule has 1 aromatic rings. The predicted molar refractivity (Wildman–Crippen MR) is 103 cm³/mol. The van der Waals surface area contributed by atoms with Gasteiger partial charge < -0.3 is 24.8 Å². The number of hydrogen-bond donors (Lipinski definition) is 2. The van der Waals surface area contributed by atoms with Crippen LogP contribution in [-0.2, 0) is 14.3 Å². The molecule has 1 atom stereocenters. The highest BCUT2D eigenvalue weighted by Crippen LogP contribution is 2.29. The molecular formula is C19H25FN4O5. The van der Waals surface area contributed by atoms with Gasteiger partial charge in [-0.3, -0.25) is 14.6 Å². The highest BCUT2D eigenvalue weighted by Gasteiger charge is 2.33. The molecule has 2 amide bonds. The summed E-state index contributed by atoms with van der Waals surface area (Å²) in [5.74, 6) is -0.924. The Morgan fingerprint density at radius 1 is 1.24 bits per heavy atom. The zero-order chi connectivity index (χ0) is 20.4. The molecular weight excluding hydrogens is 383 g/mol. The van der Waals surface area contributed by atoms with E-state index in [4.69, 9.17) is 14.6 Å². The Balaban J connectivity index is 1.36. The summed E-state index contributed by atoms with van der Waals surface area (Å²) >= 11 is 0. The average molecular weight is 408 g/mol. The predicted octanol–water partition coefficient (Wildman–Crippen LogP) is -0.220. The van der Waals surface area contributed by atoms with Crippen LogP contribution < -0.4 is 15.1 Å². The van der Waals surface area contributed by atoms with Gasteiger partial charge in [0, 0.05) is 26.2 Å². The molecule has 0 aromatic heterocycles. The molecule has 4 rings (SSSR count). The lowest BCUT2D eigenvalue weighted by Crippen LogP contribution is -2.56. The Morgan fingerprint density at radius 2 is 2.00 bits per heavy atom. The van der Waals surface area contributed by atoms with E-state index in [-0.39, 0.29) is 18.9 Å². The van der Waals surface area contributed by atoms with Gasteiger partial charge in [0.1, 0.15) is 18.5 Å². The van der Waals surface area contributed by atoms with Gasteiger partial charge in [-0.25, -0.2) is 9.18 Å². The van der Waals surface area contributed by atoms with Crippen molar-refractivity contribution < 1.29 is 28.6 Å². The molecule has 0 saturated carbocycles. The number of piperazine rings is 1. The number of benzene rings is 1. The van der Waals surface area contributed by atoms with E-state index >= 15 is 0 Å². The summed E-state index contributed by atoms with van der Waals surface area (Å²) in [5, 5.41) is 11.2. The third-order valence-electron chi connectivity index (χ3n) is 5.58. The van der Waals surface area contributed by atoms with Crippen LogP contribution in [0.15, 0.2) is 18.2 Å². The number of rotatable bonds is 6. The van der Waals surface area contributed by atoms with Crippen molar-refractivity contribution in [1.82, 2.24) is 10.2 Å². The normalized spacial score (nSPS) is 23.1. The number of nitrogens with zero attached hydrogens (tertiary/aromatic N) is 3. The van der Waals surface area contributed by atoms with Crippen molar-refractivity contribution in [2.45, 2.75) is 12.1 Å². The fraction of sp³-hybridized carbons (Fsp3) is 0.579. The van der Waals surface area contributed by atoms with E-state index in [1.807, 2.05) is 4.90 Å². The Hall–Kier alpha value is -2.43. The smallest absolute Gasteiger partial charge is 0.414 e. The van der Waals surface area contributed by atoms with Gasteiger partial charge in [0.05, 0.1) is 43.7 Å². The lowest BCUT2D eigenvalue weighted by Gasteiger charge is -2.43. The molecule has 0 spiro atoms. The second kappa shape index (κ2) is 8.52. The minimum atomic E-state index is -0.625. The quantitative estimate of drug-likeness (QED) is 0.672. The monoisotopic (exact) mass is 408 g/mol. The van der Waals surface area contributed by atoms with Gasteiger partial charge in [0.25, 0.3) is 0 Å². The van der Waals surface area contributed by atoms with Crippen molar-refractivity contribution in [1.29, 1.82) is 0 Å². The molecule has 0 bridgehead atoms. The summed E-state index contributed by atoms with van der Waals surface area (Å²) in [5.41, 5.74) is 0.940. The Labute approximate surface area is 167 Å². The van der Waals surface area contributed by atoms with Gasteiger partial charge in [-0.2, -0.15) is 0 Å². The molecule has 3 fully saturated rings. The van der Waals surface area contributed by atoms with Crippen molar-refractivity contribution in [3.05, 3.63) is 24.0 Å². The first-order valence-corrected chi connectivity index (χ1v) is 9.77. The summed E-state index contributed by atoms with van der Waals surface area (Å²) in [6.45, 7) is 4.45. The van der Waals surface area contributed by atoms with Crippen LogP contribution in [0.3, 0.4) is 0 Å². The van der Waals surface area contributed by atoms with E-state index in [0.717, 1.165) is 39.4 Å². The Kier molecular flexibility index (Phi) is 5.84. The summed E-state index contributed by atoms with van der Waals surface area (Å²) < 4.78 is 25.2. The highest BCUT2D eigenvalue weighted by molar-refractivity contribution is 5.90. The lowest BCUT2D eigenvalue weighted by molar-refractivity contribution is -0.124. The van der Waals surface area contributed by atoms with Crippen molar-refractivity contribution in [2.75, 3.05) is 68.9 Å². The number of carbonyl (C=O) groups is 2. The van der Waals surface area contributed by atoms with Crippen LogP contribution in [0.5, 0.6) is 0 Å². The maximum Gasteiger partial charge on any atom is 0.414 e. The van der Waals surface area contributed by atoms with Crippen LogP contribution in [0.2, 0.25) is 0 Å². The first-order valence-electron chi connectivity index (χ1n) is 9.77. The zero-order valence-electron chi connectivity index (χ0n) is 16.1. The minimum Gasteiger partial charge on any atom is -0.442 e. The van der Waals surface area contributed by atoms with E-state index < -0.39 is 24.7 Å². The number of nitrogens with one attached hydrogen (secondary N) is 1. The summed E-state index contributed by atoms with van der Waals surface area (Å²) in [7, 11) is 0. The number of amides is 2. The van der Waals surface area contributed by atoms with Gasteiger partial charge >= 0.3 is 6.09 Å². The van der Waals surface area contributed by atoms with Crippen LogP contribution in [-0.4, -0.2) is 93.2 Å². The van der Waals surface area contributed by atoms with Crippen molar-refractivity contribution in [3.63, 3.8) is 0 Å². The van der Waals surface area contributed by atoms with Gasteiger partial charge in [0.2, 0.25) is 5.91 Å². The van der Waals surface area contributed by atoms with E-state index in [0.29, 0.717) is 17.4 Å². The van der Waals surface area contributed by atoms with Crippen molar-refractivity contribution in [3.8, 4) is 0 Å². The molecule has 2 N–H and O–H groups in total. The molecule has 3 saturated heterocycles. The van der Waals surface area contributed by atoms with Gasteiger partial charge in [-0.15, -0.1) is 0 Å². The Morgan fingerprint density at radius 3 is 2.62 bits per heavy atom. The third kappa shape index (κ3) is 4.29. The summed E-state index contributed by atoms with van der Waals surface area (Å²) in [4.78, 5) is 29.0. The number of cyclic esters (lactones) is 1. The van der Waals surface area contributed by atoms with Gasteiger partial charge in [-0.1, -0.05) is 0 Å². The van der Waals surface area contributed by atoms with Crippen LogP contribution >= 0.6 is 0 Å². The third-order valence-corrected chi connectivity index (χ3v) is 5.58. The number of anilines is 2. The van der Waals surface area contributed by atoms with Crippen LogP contribution in [0.1, 0.15) is 0 Å².